The van der Waals surface area contributed by atoms with Gasteiger partial charge in [0.15, 0.2) is 5.69 Å². The summed E-state index contributed by atoms with van der Waals surface area (Å²) in [6, 6.07) is 10.1. The van der Waals surface area contributed by atoms with Crippen LogP contribution in [0.15, 0.2) is 34.9 Å². The predicted octanol–water partition coefficient (Wildman–Crippen LogP) is 3.58. The summed E-state index contributed by atoms with van der Waals surface area (Å²) in [7, 11) is 1.53. The lowest BCUT2D eigenvalue weighted by Gasteiger charge is -2.30. The van der Waals surface area contributed by atoms with Gasteiger partial charge in [0.05, 0.1) is 12.2 Å². The van der Waals surface area contributed by atoms with Crippen molar-refractivity contribution in [1.29, 1.82) is 0 Å². The summed E-state index contributed by atoms with van der Waals surface area (Å²) in [5.74, 6) is 0.303. The third kappa shape index (κ3) is 6.57. The molecule has 0 saturated carbocycles. The molecule has 210 valence electrons. The Morgan fingerprint density at radius 3 is 2.54 bits per heavy atom. The average Bonchev–Trinajstić information content (AvgIpc) is 3.41. The second-order valence-electron chi connectivity index (χ2n) is 10.5. The molecule has 3 aromatic rings. The van der Waals surface area contributed by atoms with Crippen LogP contribution in [0.5, 0.6) is 0 Å². The Bertz CT molecular complexity index is 1300. The second kappa shape index (κ2) is 12.6. The minimum Gasteiger partial charge on any atom is -0.375 e. The summed E-state index contributed by atoms with van der Waals surface area (Å²) in [5.41, 5.74) is 4.65. The number of ether oxygens (including phenoxy) is 1. The van der Waals surface area contributed by atoms with E-state index in [4.69, 9.17) is 9.26 Å². The van der Waals surface area contributed by atoms with Gasteiger partial charge < -0.3 is 19.1 Å². The van der Waals surface area contributed by atoms with Crippen molar-refractivity contribution in [3.63, 3.8) is 0 Å². The van der Waals surface area contributed by atoms with Gasteiger partial charge >= 0.3 is 0 Å². The largest absolute Gasteiger partial charge is 0.375 e. The molecule has 1 aliphatic heterocycles. The number of aromatic nitrogens is 3. The number of fused-ring (bicyclic) bond motifs is 1. The highest BCUT2D eigenvalue weighted by molar-refractivity contribution is 5.96. The standard InChI is InChI=1S/C29H40N6O4/c1-20(2)32-12-9-13-34(27(36)19-38-6)26-11-8-7-10-24(26)17-33(15-14-32)29(37)28-25(23(5)39-31-28)18-35-22(4)16-21(3)30-35/h7-8,10-11,16,20H,9,12-15,17-19H2,1-6H3. The Balaban J connectivity index is 1.71. The Kier molecular flexibility index (Phi) is 9.19. The number of aryl methyl sites for hydroxylation is 3. The van der Waals surface area contributed by atoms with Crippen molar-refractivity contribution in [3.8, 4) is 0 Å². The summed E-state index contributed by atoms with van der Waals surface area (Å²) in [5, 5.41) is 8.78. The Morgan fingerprint density at radius 2 is 1.85 bits per heavy atom. The molecule has 0 spiro atoms. The third-order valence-electron chi connectivity index (χ3n) is 7.31. The molecule has 0 atom stereocenters. The number of anilines is 1. The van der Waals surface area contributed by atoms with Crippen molar-refractivity contribution in [2.24, 2.45) is 0 Å². The zero-order valence-electron chi connectivity index (χ0n) is 23.9. The molecule has 10 nitrogen and oxygen atoms in total. The number of benzene rings is 1. The lowest BCUT2D eigenvalue weighted by molar-refractivity contribution is -0.122. The Hall–Kier alpha value is -3.50. The first-order valence-electron chi connectivity index (χ1n) is 13.6. The molecule has 0 fully saturated rings. The van der Waals surface area contributed by atoms with Crippen molar-refractivity contribution < 1.29 is 18.8 Å². The first-order valence-corrected chi connectivity index (χ1v) is 13.6. The number of hydrogen-bond acceptors (Lipinski definition) is 7. The van der Waals surface area contributed by atoms with Gasteiger partial charge in [-0.15, -0.1) is 0 Å². The van der Waals surface area contributed by atoms with E-state index in [1.807, 2.05) is 60.7 Å². The monoisotopic (exact) mass is 536 g/mol. The molecule has 0 unspecified atom stereocenters. The molecule has 0 N–H and O–H groups in total. The number of nitrogens with zero attached hydrogens (tertiary/aromatic N) is 6. The number of rotatable bonds is 6. The summed E-state index contributed by atoms with van der Waals surface area (Å²) >= 11 is 0. The maximum Gasteiger partial charge on any atom is 0.276 e. The van der Waals surface area contributed by atoms with E-state index in [-0.39, 0.29) is 18.4 Å². The number of carbonyl (C=O) groups excluding carboxylic acids is 2. The molecule has 0 saturated heterocycles. The van der Waals surface area contributed by atoms with Gasteiger partial charge in [-0.2, -0.15) is 5.10 Å². The minimum absolute atomic E-state index is 0.00122. The van der Waals surface area contributed by atoms with Crippen molar-refractivity contribution >= 4 is 17.5 Å². The smallest absolute Gasteiger partial charge is 0.276 e. The van der Waals surface area contributed by atoms with Gasteiger partial charge in [-0.25, -0.2) is 0 Å². The molecule has 4 rings (SSSR count). The van der Waals surface area contributed by atoms with Crippen molar-refractivity contribution in [3.05, 3.63) is 64.3 Å². The van der Waals surface area contributed by atoms with Gasteiger partial charge in [-0.05, 0) is 58.7 Å². The summed E-state index contributed by atoms with van der Waals surface area (Å²) in [6.07, 6.45) is 0.811. The van der Waals surface area contributed by atoms with Gasteiger partial charge in [0.1, 0.15) is 12.4 Å². The molecular weight excluding hydrogens is 496 g/mol. The second-order valence-corrected chi connectivity index (χ2v) is 10.5. The maximum atomic E-state index is 14.1. The number of amides is 2. The molecule has 0 radical (unpaired) electrons. The predicted molar refractivity (Wildman–Crippen MR) is 149 cm³/mol. The summed E-state index contributed by atoms with van der Waals surface area (Å²) in [4.78, 5) is 33.2. The van der Waals surface area contributed by atoms with E-state index in [1.165, 1.54) is 7.11 Å². The number of methoxy groups -OCH3 is 1. The van der Waals surface area contributed by atoms with Gasteiger partial charge in [-0.3, -0.25) is 19.2 Å². The fourth-order valence-corrected chi connectivity index (χ4v) is 5.14. The average molecular weight is 537 g/mol. The Labute approximate surface area is 230 Å². The topological polar surface area (TPSA) is 96.9 Å². The molecule has 0 aliphatic carbocycles. The third-order valence-corrected chi connectivity index (χ3v) is 7.31. The van der Waals surface area contributed by atoms with Crippen LogP contribution in [0.25, 0.3) is 0 Å². The van der Waals surface area contributed by atoms with Crippen LogP contribution in [-0.2, 0) is 22.6 Å². The quantitative estimate of drug-likeness (QED) is 0.475. The van der Waals surface area contributed by atoms with Crippen LogP contribution in [0.2, 0.25) is 0 Å². The van der Waals surface area contributed by atoms with E-state index in [1.54, 1.807) is 4.90 Å². The van der Waals surface area contributed by atoms with Crippen LogP contribution >= 0.6 is 0 Å². The Morgan fingerprint density at radius 1 is 1.08 bits per heavy atom. The highest BCUT2D eigenvalue weighted by atomic mass is 16.5. The fourth-order valence-electron chi connectivity index (χ4n) is 5.14. The first kappa shape index (κ1) is 28.5. The van der Waals surface area contributed by atoms with Crippen molar-refractivity contribution in [2.75, 3.05) is 44.8 Å². The molecule has 1 aromatic carbocycles. The van der Waals surface area contributed by atoms with Crippen LogP contribution < -0.4 is 4.90 Å². The van der Waals surface area contributed by atoms with E-state index in [0.717, 1.165) is 41.2 Å². The minimum atomic E-state index is -0.198. The molecule has 1 aliphatic rings. The normalized spacial score (nSPS) is 15.4. The highest BCUT2D eigenvalue weighted by Crippen LogP contribution is 2.26. The lowest BCUT2D eigenvalue weighted by Crippen LogP contribution is -2.41. The van der Waals surface area contributed by atoms with Crippen LogP contribution in [0.3, 0.4) is 0 Å². The van der Waals surface area contributed by atoms with E-state index in [9.17, 15) is 9.59 Å². The summed E-state index contributed by atoms with van der Waals surface area (Å²) < 4.78 is 12.6. The summed E-state index contributed by atoms with van der Waals surface area (Å²) in [6.45, 7) is 13.4. The lowest BCUT2D eigenvalue weighted by atomic mass is 10.1. The van der Waals surface area contributed by atoms with Gasteiger partial charge in [0.2, 0.25) is 0 Å². The van der Waals surface area contributed by atoms with E-state index in [2.05, 4.69) is 29.0 Å². The van der Waals surface area contributed by atoms with Crippen molar-refractivity contribution in [1.82, 2.24) is 24.7 Å². The number of carbonyl (C=O) groups is 2. The van der Waals surface area contributed by atoms with Gasteiger partial charge in [0, 0.05) is 62.8 Å². The highest BCUT2D eigenvalue weighted by Gasteiger charge is 2.29. The first-order chi connectivity index (χ1) is 18.7. The van der Waals surface area contributed by atoms with Crippen LogP contribution in [-0.4, -0.2) is 82.5 Å². The zero-order chi connectivity index (χ0) is 28.1. The van der Waals surface area contributed by atoms with Crippen LogP contribution in [0.1, 0.15) is 59.0 Å². The molecule has 10 heteroatoms. The van der Waals surface area contributed by atoms with Gasteiger partial charge in [0.25, 0.3) is 11.8 Å². The van der Waals surface area contributed by atoms with Crippen molar-refractivity contribution in [2.45, 2.75) is 60.2 Å². The van der Waals surface area contributed by atoms with Crippen LogP contribution in [0.4, 0.5) is 5.69 Å². The molecule has 0 bridgehead atoms. The van der Waals surface area contributed by atoms with E-state index >= 15 is 0 Å². The SMILES string of the molecule is COCC(=O)N1CCCN(C(C)C)CCN(C(=O)c2noc(C)c2Cn2nc(C)cc2C)Cc2ccccc21. The van der Waals surface area contributed by atoms with E-state index < -0.39 is 0 Å². The molecule has 2 amide bonds. The molecular formula is C29H40N6O4. The fraction of sp³-hybridized carbons (Fsp3) is 0.517. The molecule has 39 heavy (non-hydrogen) atoms. The van der Waals surface area contributed by atoms with E-state index in [0.29, 0.717) is 50.2 Å². The van der Waals surface area contributed by atoms with Gasteiger partial charge in [-0.1, -0.05) is 23.4 Å². The molecule has 3 heterocycles. The number of hydrogen-bond donors (Lipinski definition) is 0. The molecule has 2 aromatic heterocycles. The maximum absolute atomic E-state index is 14.1. The van der Waals surface area contributed by atoms with Crippen LogP contribution in [0, 0.1) is 20.8 Å². The number of para-hydroxylation sites is 1. The zero-order valence-corrected chi connectivity index (χ0v) is 23.9.